The third-order valence-corrected chi connectivity index (χ3v) is 2.94. The quantitative estimate of drug-likeness (QED) is 0.512. The first-order valence-electron chi connectivity index (χ1n) is 6.89. The zero-order valence-corrected chi connectivity index (χ0v) is 12.6. The molecule has 0 spiro atoms. The highest BCUT2D eigenvalue weighted by Crippen LogP contribution is 2.16. The molecule has 7 heteroatoms. The minimum Gasteiger partial charge on any atom is -0.361 e. The number of carbonyl (C=O) groups excluding carboxylic acids is 1. The topological polar surface area (TPSA) is 96.2 Å². The van der Waals surface area contributed by atoms with Crippen molar-refractivity contribution in [3.63, 3.8) is 0 Å². The predicted molar refractivity (Wildman–Crippen MR) is 80.3 cm³/mol. The highest BCUT2D eigenvalue weighted by Gasteiger charge is 2.11. The lowest BCUT2D eigenvalue weighted by Crippen LogP contribution is -2.35. The summed E-state index contributed by atoms with van der Waals surface area (Å²) in [7, 11) is 0. The molecule has 1 heterocycles. The number of likely N-dealkylation sites (N-methyl/N-ethyl adjacent to an activating group) is 1. The minimum absolute atomic E-state index is 0.0435. The summed E-state index contributed by atoms with van der Waals surface area (Å²) in [6.07, 6.45) is 0. The van der Waals surface area contributed by atoms with Crippen LogP contribution in [-0.4, -0.2) is 40.4 Å². The molecule has 1 aromatic heterocycles. The summed E-state index contributed by atoms with van der Waals surface area (Å²) in [4.78, 5) is 22.3. The van der Waals surface area contributed by atoms with Gasteiger partial charge in [0.25, 0.3) is 0 Å². The summed E-state index contributed by atoms with van der Waals surface area (Å²) >= 11 is 0. The molecule has 0 aliphatic heterocycles. The Bertz CT molecular complexity index is 444. The number of aromatic nitrogens is 2. The number of nitrogens with zero attached hydrogens (tertiary/aromatic N) is 3. The molecule has 0 atom stereocenters. The molecule has 112 valence electrons. The number of hydrogen-bond donors (Lipinski definition) is 3. The van der Waals surface area contributed by atoms with Gasteiger partial charge in [0.05, 0.1) is 6.54 Å². The summed E-state index contributed by atoms with van der Waals surface area (Å²) in [6, 6.07) is 1.68. The van der Waals surface area contributed by atoms with Crippen LogP contribution in [0.15, 0.2) is 6.07 Å². The van der Waals surface area contributed by atoms with E-state index in [9.17, 15) is 4.79 Å². The van der Waals surface area contributed by atoms with E-state index in [0.717, 1.165) is 0 Å². The van der Waals surface area contributed by atoms with Crippen LogP contribution in [0.5, 0.6) is 0 Å². The Balaban J connectivity index is 2.77. The number of nitrogens with one attached hydrogen (secondary N) is 2. The Morgan fingerprint density at radius 2 is 1.90 bits per heavy atom. The molecule has 0 fully saturated rings. The summed E-state index contributed by atoms with van der Waals surface area (Å²) in [5.74, 6) is 7.42. The average Bonchev–Trinajstić information content (AvgIpc) is 2.45. The molecule has 4 N–H and O–H groups in total. The predicted octanol–water partition coefficient (Wildman–Crippen LogP) is 1.17. The zero-order chi connectivity index (χ0) is 15.1. The lowest BCUT2D eigenvalue weighted by Gasteiger charge is -2.19. The van der Waals surface area contributed by atoms with E-state index in [-0.39, 0.29) is 18.4 Å². The van der Waals surface area contributed by atoms with Crippen molar-refractivity contribution < 1.29 is 4.79 Å². The third kappa shape index (κ3) is 4.34. The molecule has 0 aliphatic carbocycles. The number of nitrogens with two attached hydrogens (primary N) is 1. The Morgan fingerprint density at radius 1 is 1.30 bits per heavy atom. The van der Waals surface area contributed by atoms with Gasteiger partial charge in [0.15, 0.2) is 0 Å². The number of carbonyl (C=O) groups is 1. The van der Waals surface area contributed by atoms with Crippen molar-refractivity contribution in [2.24, 2.45) is 5.84 Å². The first kappa shape index (κ1) is 16.2. The van der Waals surface area contributed by atoms with Crippen LogP contribution in [-0.2, 0) is 4.79 Å². The van der Waals surface area contributed by atoms with E-state index in [1.165, 1.54) is 0 Å². The molecule has 1 aromatic rings. The summed E-state index contributed by atoms with van der Waals surface area (Å²) in [6.45, 7) is 9.53. The third-order valence-electron chi connectivity index (χ3n) is 2.94. The van der Waals surface area contributed by atoms with Crippen LogP contribution in [0, 0.1) is 0 Å². The lowest BCUT2D eigenvalue weighted by molar-refractivity contribution is -0.128. The van der Waals surface area contributed by atoms with Gasteiger partial charge in [-0.2, -0.15) is 0 Å². The van der Waals surface area contributed by atoms with E-state index >= 15 is 0 Å². The van der Waals surface area contributed by atoms with Crippen molar-refractivity contribution in [3.8, 4) is 0 Å². The molecular formula is C13H24N6O. The SMILES string of the molecule is CCN(CC)C(=O)CNc1cc(NN)nc(C(C)C)n1. The van der Waals surface area contributed by atoms with Crippen LogP contribution < -0.4 is 16.6 Å². The van der Waals surface area contributed by atoms with Gasteiger partial charge in [-0.15, -0.1) is 0 Å². The van der Waals surface area contributed by atoms with Crippen LogP contribution >= 0.6 is 0 Å². The van der Waals surface area contributed by atoms with Crippen molar-refractivity contribution in [1.82, 2.24) is 14.9 Å². The average molecular weight is 280 g/mol. The van der Waals surface area contributed by atoms with Crippen LogP contribution in [0.2, 0.25) is 0 Å². The maximum atomic E-state index is 11.9. The highest BCUT2D eigenvalue weighted by atomic mass is 16.2. The molecule has 0 saturated heterocycles. The maximum absolute atomic E-state index is 11.9. The zero-order valence-electron chi connectivity index (χ0n) is 12.6. The van der Waals surface area contributed by atoms with E-state index in [1.807, 2.05) is 27.7 Å². The van der Waals surface area contributed by atoms with Gasteiger partial charge in [-0.05, 0) is 13.8 Å². The van der Waals surface area contributed by atoms with E-state index in [0.29, 0.717) is 30.5 Å². The van der Waals surface area contributed by atoms with Crippen molar-refractivity contribution in [2.75, 3.05) is 30.4 Å². The lowest BCUT2D eigenvalue weighted by atomic mass is 10.2. The summed E-state index contributed by atoms with van der Waals surface area (Å²) < 4.78 is 0. The van der Waals surface area contributed by atoms with Crippen LogP contribution in [0.3, 0.4) is 0 Å². The molecule has 0 bridgehead atoms. The van der Waals surface area contributed by atoms with Gasteiger partial charge in [-0.1, -0.05) is 13.8 Å². The van der Waals surface area contributed by atoms with Crippen molar-refractivity contribution >= 4 is 17.5 Å². The number of anilines is 2. The number of amides is 1. The summed E-state index contributed by atoms with van der Waals surface area (Å²) in [5.41, 5.74) is 2.51. The highest BCUT2D eigenvalue weighted by molar-refractivity contribution is 5.80. The largest absolute Gasteiger partial charge is 0.361 e. The Kier molecular flexibility index (Phi) is 6.17. The molecule has 7 nitrogen and oxygen atoms in total. The standard InChI is InChI=1S/C13H24N6O/c1-5-19(6-2)12(20)8-15-10-7-11(18-14)17-13(16-10)9(3)4/h7,9H,5-6,8,14H2,1-4H3,(H2,15,16,17,18). The Morgan fingerprint density at radius 3 is 2.40 bits per heavy atom. The van der Waals surface area contributed by atoms with Crippen molar-refractivity contribution in [2.45, 2.75) is 33.6 Å². The van der Waals surface area contributed by atoms with Crippen LogP contribution in [0.4, 0.5) is 11.6 Å². The molecular weight excluding hydrogens is 256 g/mol. The second-order valence-electron chi connectivity index (χ2n) is 4.72. The number of hydrogen-bond acceptors (Lipinski definition) is 6. The first-order chi connectivity index (χ1) is 9.51. The molecule has 1 rings (SSSR count). The fourth-order valence-electron chi connectivity index (χ4n) is 1.74. The van der Waals surface area contributed by atoms with Crippen LogP contribution in [0.1, 0.15) is 39.4 Å². The second kappa shape index (κ2) is 7.64. The molecule has 0 aromatic carbocycles. The van der Waals surface area contributed by atoms with Gasteiger partial charge in [0.2, 0.25) is 5.91 Å². The Labute approximate surface area is 119 Å². The van der Waals surface area contributed by atoms with Crippen molar-refractivity contribution in [3.05, 3.63) is 11.9 Å². The fourth-order valence-corrected chi connectivity index (χ4v) is 1.74. The minimum atomic E-state index is 0.0435. The molecule has 0 radical (unpaired) electrons. The smallest absolute Gasteiger partial charge is 0.241 e. The molecule has 20 heavy (non-hydrogen) atoms. The van der Waals surface area contributed by atoms with Gasteiger partial charge in [-0.25, -0.2) is 15.8 Å². The van der Waals surface area contributed by atoms with Gasteiger partial charge in [0, 0.05) is 25.1 Å². The second-order valence-corrected chi connectivity index (χ2v) is 4.72. The van der Waals surface area contributed by atoms with Gasteiger partial charge in [-0.3, -0.25) is 4.79 Å². The molecule has 1 amide bonds. The van der Waals surface area contributed by atoms with Gasteiger partial charge >= 0.3 is 0 Å². The molecule has 0 aliphatic rings. The monoisotopic (exact) mass is 280 g/mol. The number of nitrogen functional groups attached to an aromatic ring is 1. The maximum Gasteiger partial charge on any atom is 0.241 e. The number of hydrazine groups is 1. The fraction of sp³-hybridized carbons (Fsp3) is 0.615. The van der Waals surface area contributed by atoms with Crippen molar-refractivity contribution in [1.29, 1.82) is 0 Å². The number of rotatable bonds is 7. The van der Waals surface area contributed by atoms with E-state index in [4.69, 9.17) is 5.84 Å². The first-order valence-corrected chi connectivity index (χ1v) is 6.89. The Hall–Kier alpha value is -1.89. The normalized spacial score (nSPS) is 10.5. The van der Waals surface area contributed by atoms with Crippen LogP contribution in [0.25, 0.3) is 0 Å². The van der Waals surface area contributed by atoms with E-state index in [1.54, 1.807) is 11.0 Å². The summed E-state index contributed by atoms with van der Waals surface area (Å²) in [5, 5.41) is 3.03. The van der Waals surface area contributed by atoms with E-state index < -0.39 is 0 Å². The molecule has 0 saturated carbocycles. The van der Waals surface area contributed by atoms with E-state index in [2.05, 4.69) is 20.7 Å². The van der Waals surface area contributed by atoms with Gasteiger partial charge < -0.3 is 15.6 Å². The molecule has 0 unspecified atom stereocenters. The van der Waals surface area contributed by atoms with Gasteiger partial charge in [0.1, 0.15) is 17.5 Å².